The van der Waals surface area contributed by atoms with Crippen LogP contribution in [0.2, 0.25) is 0 Å². The maximum atomic E-state index is 14.6. The minimum absolute atomic E-state index is 0.000879. The van der Waals surface area contributed by atoms with Crippen LogP contribution in [-0.4, -0.2) is 89.2 Å². The van der Waals surface area contributed by atoms with Gasteiger partial charge in [0, 0.05) is 48.3 Å². The highest BCUT2D eigenvalue weighted by atomic mass is 127. The Morgan fingerprint density at radius 1 is 0.964 bits per heavy atom. The molecule has 1 aliphatic heterocycles. The third-order valence-corrected chi connectivity index (χ3v) is 10.9. The van der Waals surface area contributed by atoms with Gasteiger partial charge in [0.15, 0.2) is 5.79 Å². The van der Waals surface area contributed by atoms with E-state index in [4.69, 9.17) is 18.9 Å². The van der Waals surface area contributed by atoms with E-state index in [0.717, 1.165) is 47.7 Å². The second-order valence-corrected chi connectivity index (χ2v) is 17.2. The molecule has 1 heterocycles. The fraction of sp³-hybridized carbons (Fsp3) is 0.591. The lowest BCUT2D eigenvalue weighted by Gasteiger charge is -2.34. The molecule has 0 spiro atoms. The molecule has 5 atom stereocenters. The van der Waals surface area contributed by atoms with E-state index in [0.29, 0.717) is 24.0 Å². The number of aliphatic hydroxyl groups excluding tert-OH is 1. The SMILES string of the molecule is CCCCCC1(CCCCC)O[C@@H]2[C@@H](C=C(C(=O)N(C)[C@H](Cc3ccccc3)C(=O)N[C@H](CO)CCC(=O)OC(C)(C)C)C[C@H]2OC(=O)c2ccc(I)cc2)O1. The largest absolute Gasteiger partial charge is 0.460 e. The van der Waals surface area contributed by atoms with Crippen LogP contribution < -0.4 is 5.32 Å². The van der Waals surface area contributed by atoms with Crippen molar-refractivity contribution in [2.45, 2.75) is 153 Å². The lowest BCUT2D eigenvalue weighted by atomic mass is 9.90. The van der Waals surface area contributed by atoms with Crippen molar-refractivity contribution in [3.8, 4) is 0 Å². The highest BCUT2D eigenvalue weighted by molar-refractivity contribution is 14.1. The number of halogens is 1. The normalized spacial score (nSPS) is 19.9. The molecule has 1 aliphatic carbocycles. The van der Waals surface area contributed by atoms with Crippen LogP contribution in [0, 0.1) is 3.57 Å². The summed E-state index contributed by atoms with van der Waals surface area (Å²) in [5, 5.41) is 13.1. The Morgan fingerprint density at radius 3 is 2.20 bits per heavy atom. The van der Waals surface area contributed by atoms with E-state index in [9.17, 15) is 24.3 Å². The van der Waals surface area contributed by atoms with E-state index in [1.807, 2.05) is 42.5 Å². The van der Waals surface area contributed by atoms with Crippen molar-refractivity contribution in [2.24, 2.45) is 0 Å². The van der Waals surface area contributed by atoms with Crippen molar-refractivity contribution in [1.82, 2.24) is 10.2 Å². The first-order chi connectivity index (χ1) is 26.7. The molecular formula is C44H61IN2O9. The molecular weight excluding hydrogens is 827 g/mol. The number of nitrogens with zero attached hydrogens (tertiary/aromatic N) is 1. The summed E-state index contributed by atoms with van der Waals surface area (Å²) in [6.07, 6.45) is 7.44. The number of unbranched alkanes of at least 4 members (excludes halogenated alkanes) is 4. The third-order valence-electron chi connectivity index (χ3n) is 10.2. The summed E-state index contributed by atoms with van der Waals surface area (Å²) in [6, 6.07) is 14.8. The van der Waals surface area contributed by atoms with Gasteiger partial charge in [-0.15, -0.1) is 0 Å². The standard InChI is InChI=1S/C44H61IN2O9/c1-7-9-14-24-44(25-15-10-8-2)54-37-28-32(27-36(39(37)56-44)53-42(52)31-18-20-33(45)21-19-31)41(51)47(6)35(26-30-16-12-11-13-17-30)40(50)46-34(29-48)22-23-38(49)55-43(3,4)5/h11-13,16-21,28,34-37,39,48H,7-10,14-15,22-27,29H2,1-6H3,(H,46,50)/t34-,35+,36+,37+,39-/m0/s1. The van der Waals surface area contributed by atoms with Crippen LogP contribution in [0.4, 0.5) is 0 Å². The fourth-order valence-corrected chi connectivity index (χ4v) is 7.54. The number of carbonyl (C=O) groups is 4. The Hall–Kier alpha value is -3.33. The van der Waals surface area contributed by atoms with Crippen LogP contribution in [0.15, 0.2) is 66.2 Å². The van der Waals surface area contributed by atoms with Crippen LogP contribution in [0.3, 0.4) is 0 Å². The first-order valence-electron chi connectivity index (χ1n) is 20.1. The van der Waals surface area contributed by atoms with E-state index in [1.165, 1.54) is 4.90 Å². The van der Waals surface area contributed by atoms with Crippen LogP contribution in [0.5, 0.6) is 0 Å². The number of nitrogens with one attached hydrogen (secondary N) is 1. The van der Waals surface area contributed by atoms with E-state index in [-0.39, 0.29) is 25.7 Å². The zero-order valence-corrected chi connectivity index (χ0v) is 36.0. The summed E-state index contributed by atoms with van der Waals surface area (Å²) < 4.78 is 26.2. The Balaban J connectivity index is 1.62. The molecule has 2 N–H and O–H groups in total. The van der Waals surface area contributed by atoms with Crippen molar-refractivity contribution in [3.63, 3.8) is 0 Å². The maximum absolute atomic E-state index is 14.6. The molecule has 2 aliphatic rings. The van der Waals surface area contributed by atoms with E-state index < -0.39 is 72.1 Å². The molecule has 2 aromatic carbocycles. The molecule has 11 nitrogen and oxygen atoms in total. The van der Waals surface area contributed by atoms with Gasteiger partial charge in [-0.25, -0.2) is 4.79 Å². The van der Waals surface area contributed by atoms with Crippen LogP contribution in [0.1, 0.15) is 121 Å². The summed E-state index contributed by atoms with van der Waals surface area (Å²) >= 11 is 2.18. The Kier molecular flexibility index (Phi) is 17.4. The third kappa shape index (κ3) is 13.4. The maximum Gasteiger partial charge on any atom is 0.338 e. The van der Waals surface area contributed by atoms with Gasteiger partial charge in [0.1, 0.15) is 30.0 Å². The van der Waals surface area contributed by atoms with Crippen LogP contribution in [-0.2, 0) is 39.8 Å². The molecule has 0 radical (unpaired) electrons. The molecule has 56 heavy (non-hydrogen) atoms. The Bertz CT molecular complexity index is 1610. The van der Waals surface area contributed by atoms with Gasteiger partial charge in [-0.1, -0.05) is 69.9 Å². The van der Waals surface area contributed by atoms with Crippen molar-refractivity contribution < 1.29 is 43.2 Å². The van der Waals surface area contributed by atoms with Gasteiger partial charge in [0.25, 0.3) is 0 Å². The number of benzene rings is 2. The van der Waals surface area contributed by atoms with Crippen molar-refractivity contribution in [3.05, 3.63) is 80.9 Å². The van der Waals surface area contributed by atoms with E-state index in [1.54, 1.807) is 46.0 Å². The van der Waals surface area contributed by atoms with Gasteiger partial charge in [-0.3, -0.25) is 14.4 Å². The quantitative estimate of drug-likeness (QED) is 0.0788. The minimum atomic E-state index is -0.977. The number of esters is 2. The summed E-state index contributed by atoms with van der Waals surface area (Å²) in [4.78, 5) is 56.0. The average Bonchev–Trinajstić information content (AvgIpc) is 3.53. The number of rotatable bonds is 20. The molecule has 12 heteroatoms. The lowest BCUT2D eigenvalue weighted by molar-refractivity contribution is -0.190. The van der Waals surface area contributed by atoms with Crippen LogP contribution in [0.25, 0.3) is 0 Å². The average molecular weight is 889 g/mol. The van der Waals surface area contributed by atoms with Crippen molar-refractivity contribution in [1.29, 1.82) is 0 Å². The summed E-state index contributed by atoms with van der Waals surface area (Å²) in [7, 11) is 1.58. The minimum Gasteiger partial charge on any atom is -0.460 e. The number of fused-ring (bicyclic) bond motifs is 1. The van der Waals surface area contributed by atoms with Crippen LogP contribution >= 0.6 is 22.6 Å². The number of carbonyl (C=O) groups excluding carboxylic acids is 4. The molecule has 0 unspecified atom stereocenters. The highest BCUT2D eigenvalue weighted by Crippen LogP contribution is 2.43. The predicted octanol–water partition coefficient (Wildman–Crippen LogP) is 7.46. The van der Waals surface area contributed by atoms with E-state index in [2.05, 4.69) is 41.8 Å². The summed E-state index contributed by atoms with van der Waals surface area (Å²) in [5.41, 5.74) is 0.915. The fourth-order valence-electron chi connectivity index (χ4n) is 7.18. The number of aliphatic hydroxyl groups is 1. The number of likely N-dealkylation sites (N-methyl/N-ethyl adjacent to an activating group) is 1. The van der Waals surface area contributed by atoms with E-state index >= 15 is 0 Å². The molecule has 308 valence electrons. The molecule has 0 bridgehead atoms. The van der Waals surface area contributed by atoms with Gasteiger partial charge < -0.3 is 34.3 Å². The highest BCUT2D eigenvalue weighted by Gasteiger charge is 2.52. The topological polar surface area (TPSA) is 141 Å². The number of hydrogen-bond donors (Lipinski definition) is 2. The molecule has 2 amide bonds. The second-order valence-electron chi connectivity index (χ2n) is 16.0. The Labute approximate surface area is 346 Å². The zero-order chi connectivity index (χ0) is 40.9. The molecule has 2 aromatic rings. The monoisotopic (exact) mass is 888 g/mol. The lowest BCUT2D eigenvalue weighted by Crippen LogP contribution is -2.53. The number of ether oxygens (including phenoxy) is 4. The molecule has 0 aromatic heterocycles. The molecule has 0 saturated carbocycles. The van der Waals surface area contributed by atoms with Gasteiger partial charge >= 0.3 is 11.9 Å². The zero-order valence-electron chi connectivity index (χ0n) is 33.9. The van der Waals surface area contributed by atoms with Gasteiger partial charge in [0.05, 0.1) is 18.2 Å². The molecule has 1 fully saturated rings. The van der Waals surface area contributed by atoms with Gasteiger partial charge in [-0.05, 0) is 98.5 Å². The number of hydrogen-bond acceptors (Lipinski definition) is 9. The Morgan fingerprint density at radius 2 is 1.61 bits per heavy atom. The van der Waals surface area contributed by atoms with Crippen molar-refractivity contribution >= 4 is 46.3 Å². The molecule has 4 rings (SSSR count). The molecule has 1 saturated heterocycles. The van der Waals surface area contributed by atoms with Crippen molar-refractivity contribution in [2.75, 3.05) is 13.7 Å². The predicted molar refractivity (Wildman–Crippen MR) is 223 cm³/mol. The number of amides is 2. The van der Waals surface area contributed by atoms with Gasteiger partial charge in [0.2, 0.25) is 11.8 Å². The first-order valence-corrected chi connectivity index (χ1v) is 21.2. The summed E-state index contributed by atoms with van der Waals surface area (Å²) in [6.45, 7) is 9.23. The smallest absolute Gasteiger partial charge is 0.338 e. The first kappa shape index (κ1) is 45.4. The second kappa shape index (κ2) is 21.4. The van der Waals surface area contributed by atoms with Gasteiger partial charge in [-0.2, -0.15) is 0 Å². The summed E-state index contributed by atoms with van der Waals surface area (Å²) in [5.74, 6) is -2.72.